The van der Waals surface area contributed by atoms with Gasteiger partial charge in [-0.2, -0.15) is 0 Å². The predicted molar refractivity (Wildman–Crippen MR) is 118 cm³/mol. The Hall–Kier alpha value is -2.50. The van der Waals surface area contributed by atoms with Crippen molar-refractivity contribution in [3.05, 3.63) is 88.4 Å². The molecule has 1 atom stereocenters. The van der Waals surface area contributed by atoms with Gasteiger partial charge in [-0.15, -0.1) is 0 Å². The van der Waals surface area contributed by atoms with E-state index in [2.05, 4.69) is 0 Å². The molecule has 0 bridgehead atoms. The average molecular weight is 466 g/mol. The number of nitrogens with zero attached hydrogens (tertiary/aromatic N) is 1. The Bertz CT molecular complexity index is 1070. The highest BCUT2D eigenvalue weighted by Crippen LogP contribution is 2.60. The third-order valence-corrected chi connectivity index (χ3v) is 6.57. The number of hydrogen-bond donors (Lipinski definition) is 1. The minimum absolute atomic E-state index is 0.180. The quantitative estimate of drug-likeness (QED) is 0.378. The Morgan fingerprint density at radius 1 is 0.967 bits per heavy atom. The summed E-state index contributed by atoms with van der Waals surface area (Å²) in [4.78, 5) is 11.4. The first-order chi connectivity index (χ1) is 14.4. The first kappa shape index (κ1) is 22.2. The first-order valence-corrected chi connectivity index (χ1v) is 11.1. The average Bonchev–Trinajstić information content (AvgIpc) is 2.72. The zero-order valence-electron chi connectivity index (χ0n) is 15.9. The largest absolute Gasteiger partial charge is 0.493 e. The fourth-order valence-electron chi connectivity index (χ4n) is 2.87. The molecule has 1 N–H and O–H groups in total. The van der Waals surface area contributed by atoms with Crippen molar-refractivity contribution in [1.82, 2.24) is 0 Å². The molecule has 0 radical (unpaired) electrons. The summed E-state index contributed by atoms with van der Waals surface area (Å²) in [5.74, 6) is -0.754. The Kier molecular flexibility index (Phi) is 7.06. The lowest BCUT2D eigenvalue weighted by molar-refractivity contribution is -0.136. The van der Waals surface area contributed by atoms with Crippen LogP contribution in [-0.4, -0.2) is 18.2 Å². The second-order valence-corrected chi connectivity index (χ2v) is 8.84. The summed E-state index contributed by atoms with van der Waals surface area (Å²) >= 11 is 12.8. The van der Waals surface area contributed by atoms with Gasteiger partial charge in [0.2, 0.25) is 0 Å². The summed E-state index contributed by atoms with van der Waals surface area (Å²) in [7, 11) is -2.89. The van der Waals surface area contributed by atoms with E-state index < -0.39 is 13.7 Å². The van der Waals surface area contributed by atoms with Crippen molar-refractivity contribution < 1.29 is 23.5 Å². The molecule has 0 amide bonds. The number of aliphatic carboxylic acids is 1. The second-order valence-electron chi connectivity index (χ2n) is 6.14. The second kappa shape index (κ2) is 9.54. The van der Waals surface area contributed by atoms with Gasteiger partial charge in [0.15, 0.2) is 0 Å². The third kappa shape index (κ3) is 4.79. The van der Waals surface area contributed by atoms with Gasteiger partial charge in [-0.3, -0.25) is 9.32 Å². The number of carboxylic acid groups (broad SMARTS) is 1. The monoisotopic (exact) mass is 465 g/mol. The molecule has 0 aliphatic rings. The normalized spacial score (nSPS) is 12.8. The molecule has 30 heavy (non-hydrogen) atoms. The number of rotatable bonds is 8. The van der Waals surface area contributed by atoms with E-state index in [1.54, 1.807) is 72.8 Å². The van der Waals surface area contributed by atoms with E-state index in [4.69, 9.17) is 32.2 Å². The van der Waals surface area contributed by atoms with Gasteiger partial charge < -0.3 is 9.63 Å². The van der Waals surface area contributed by atoms with Crippen LogP contribution in [0.15, 0.2) is 72.8 Å². The van der Waals surface area contributed by atoms with E-state index in [0.29, 0.717) is 11.3 Å². The van der Waals surface area contributed by atoms with Crippen LogP contribution in [0.1, 0.15) is 5.56 Å². The van der Waals surface area contributed by atoms with Crippen LogP contribution in [0, 0.1) is 0 Å². The van der Waals surface area contributed by atoms with Gasteiger partial charge in [-0.1, -0.05) is 65.7 Å². The van der Waals surface area contributed by atoms with Gasteiger partial charge in [0.1, 0.15) is 5.75 Å². The molecular weight excluding hydrogens is 448 g/mol. The van der Waals surface area contributed by atoms with Crippen LogP contribution < -0.4 is 9.19 Å². The summed E-state index contributed by atoms with van der Waals surface area (Å²) in [6, 6.07) is 19.9. The smallest absolute Gasteiger partial charge is 0.481 e. The standard InChI is InChI=1S/C21H18Cl2NO5P/c1-28-30(27,29-16-9-3-2-4-10-16)24(21-17(22)11-7-12-18(21)23)19-13-6-5-8-15(19)14-20(25)26/h2-13H,14H2,1H3,(H,25,26). The van der Waals surface area contributed by atoms with Crippen LogP contribution in [0.2, 0.25) is 10.0 Å². The van der Waals surface area contributed by atoms with Crippen LogP contribution in [0.5, 0.6) is 5.75 Å². The molecule has 156 valence electrons. The summed E-state index contributed by atoms with van der Waals surface area (Å²) in [6.45, 7) is 0. The van der Waals surface area contributed by atoms with Gasteiger partial charge in [0.25, 0.3) is 0 Å². The van der Waals surface area contributed by atoms with Crippen LogP contribution in [0.3, 0.4) is 0 Å². The molecule has 3 aromatic carbocycles. The van der Waals surface area contributed by atoms with Gasteiger partial charge >= 0.3 is 13.7 Å². The van der Waals surface area contributed by atoms with Crippen LogP contribution in [-0.2, 0) is 20.3 Å². The highest BCUT2D eigenvalue weighted by Gasteiger charge is 2.39. The maximum Gasteiger partial charge on any atom is 0.493 e. The molecular formula is C21H18Cl2NO5P. The number of para-hydroxylation sites is 3. The van der Waals surface area contributed by atoms with Crippen LogP contribution >= 0.6 is 30.9 Å². The molecule has 0 aliphatic carbocycles. The highest BCUT2D eigenvalue weighted by atomic mass is 35.5. The molecule has 0 spiro atoms. The van der Waals surface area contributed by atoms with Gasteiger partial charge in [0, 0.05) is 7.11 Å². The maximum absolute atomic E-state index is 14.0. The minimum atomic E-state index is -4.13. The van der Waals surface area contributed by atoms with Crippen LogP contribution in [0.4, 0.5) is 11.4 Å². The van der Waals surface area contributed by atoms with Crippen molar-refractivity contribution in [3.8, 4) is 5.75 Å². The maximum atomic E-state index is 14.0. The summed E-state index contributed by atoms with van der Waals surface area (Å²) < 4.78 is 26.4. The SMILES string of the molecule is COP(=O)(Oc1ccccc1)N(c1ccccc1CC(=O)O)c1c(Cl)cccc1Cl. The fraction of sp³-hybridized carbons (Fsp3) is 0.0952. The van der Waals surface area contributed by atoms with Crippen molar-refractivity contribution in [2.75, 3.05) is 11.8 Å². The van der Waals surface area contributed by atoms with E-state index in [9.17, 15) is 14.5 Å². The Morgan fingerprint density at radius 3 is 2.17 bits per heavy atom. The van der Waals surface area contributed by atoms with E-state index in [1.807, 2.05) is 0 Å². The van der Waals surface area contributed by atoms with Crippen molar-refractivity contribution in [1.29, 1.82) is 0 Å². The minimum Gasteiger partial charge on any atom is -0.481 e. The van der Waals surface area contributed by atoms with Crippen molar-refractivity contribution in [3.63, 3.8) is 0 Å². The first-order valence-electron chi connectivity index (χ1n) is 8.80. The van der Waals surface area contributed by atoms with Crippen molar-refractivity contribution in [2.24, 2.45) is 0 Å². The molecule has 0 saturated carbocycles. The number of benzene rings is 3. The lowest BCUT2D eigenvalue weighted by Gasteiger charge is -2.33. The number of halogens is 2. The molecule has 9 heteroatoms. The van der Waals surface area contributed by atoms with Gasteiger partial charge in [0.05, 0.1) is 27.8 Å². The zero-order valence-corrected chi connectivity index (χ0v) is 18.3. The Balaban J connectivity index is 2.26. The third-order valence-electron chi connectivity index (χ3n) is 4.15. The van der Waals surface area contributed by atoms with Gasteiger partial charge in [-0.25, -0.2) is 9.24 Å². The predicted octanol–water partition coefficient (Wildman–Crippen LogP) is 6.59. The molecule has 0 saturated heterocycles. The topological polar surface area (TPSA) is 76.1 Å². The molecule has 0 heterocycles. The fourth-order valence-corrected chi connectivity index (χ4v) is 5.18. The van der Waals surface area contributed by atoms with Crippen molar-refractivity contribution in [2.45, 2.75) is 6.42 Å². The summed E-state index contributed by atoms with van der Waals surface area (Å²) in [6.07, 6.45) is -0.316. The van der Waals surface area contributed by atoms with Crippen molar-refractivity contribution >= 4 is 48.3 Å². The molecule has 0 aliphatic heterocycles. The van der Waals surface area contributed by atoms with E-state index >= 15 is 0 Å². The van der Waals surface area contributed by atoms with E-state index in [0.717, 1.165) is 0 Å². The van der Waals surface area contributed by atoms with E-state index in [-0.39, 0.29) is 27.8 Å². The van der Waals surface area contributed by atoms with Crippen LogP contribution in [0.25, 0.3) is 0 Å². The lowest BCUT2D eigenvalue weighted by atomic mass is 10.1. The molecule has 0 fully saturated rings. The van der Waals surface area contributed by atoms with E-state index in [1.165, 1.54) is 11.8 Å². The lowest BCUT2D eigenvalue weighted by Crippen LogP contribution is -2.21. The highest BCUT2D eigenvalue weighted by molar-refractivity contribution is 7.56. The number of carboxylic acids is 1. The number of hydrogen-bond acceptors (Lipinski definition) is 4. The Morgan fingerprint density at radius 2 is 1.57 bits per heavy atom. The Labute approximate surface area is 184 Å². The number of carbonyl (C=O) groups is 1. The number of anilines is 2. The summed E-state index contributed by atoms with van der Waals surface area (Å²) in [5, 5.41) is 9.74. The molecule has 1 unspecified atom stereocenters. The molecule has 3 aromatic rings. The zero-order chi connectivity index (χ0) is 21.7. The molecule has 3 rings (SSSR count). The summed E-state index contributed by atoms with van der Waals surface area (Å²) in [5.41, 5.74) is 0.853. The van der Waals surface area contributed by atoms with Gasteiger partial charge in [-0.05, 0) is 35.9 Å². The molecule has 0 aromatic heterocycles. The molecule has 6 nitrogen and oxygen atoms in total.